The summed E-state index contributed by atoms with van der Waals surface area (Å²) in [6.07, 6.45) is 9.15. The lowest BCUT2D eigenvalue weighted by atomic mass is 9.93. The van der Waals surface area contributed by atoms with Crippen LogP contribution < -0.4 is 19.5 Å². The van der Waals surface area contributed by atoms with Crippen molar-refractivity contribution in [2.45, 2.75) is 32.5 Å². The third-order valence-corrected chi connectivity index (χ3v) is 6.81. The molecule has 6 nitrogen and oxygen atoms in total. The number of aryl methyl sites for hydroxylation is 1. The largest absolute Gasteiger partial charge is 0.496 e. The maximum absolute atomic E-state index is 6.15. The summed E-state index contributed by atoms with van der Waals surface area (Å²) >= 11 is 0. The lowest BCUT2D eigenvalue weighted by molar-refractivity contribution is 0.283. The fourth-order valence-electron chi connectivity index (χ4n) is 4.76. The molecule has 0 amide bonds. The van der Waals surface area contributed by atoms with E-state index in [1.807, 2.05) is 43.6 Å². The molecule has 0 radical (unpaired) electrons. The Kier molecular flexibility index (Phi) is 7.57. The summed E-state index contributed by atoms with van der Waals surface area (Å²) < 4.78 is 19.6. The molecule has 37 heavy (non-hydrogen) atoms. The van der Waals surface area contributed by atoms with Crippen molar-refractivity contribution in [2.75, 3.05) is 20.8 Å². The number of fused-ring (bicyclic) bond motifs is 1. The van der Waals surface area contributed by atoms with E-state index in [4.69, 9.17) is 14.2 Å². The fraction of sp³-hybridized carbons (Fsp3) is 0.258. The number of imidazole rings is 1. The van der Waals surface area contributed by atoms with Crippen LogP contribution in [0.2, 0.25) is 0 Å². The van der Waals surface area contributed by atoms with E-state index in [1.165, 1.54) is 11.1 Å². The minimum atomic E-state index is 0.0854. The summed E-state index contributed by atoms with van der Waals surface area (Å²) in [5.74, 6) is 3.38. The fourth-order valence-corrected chi connectivity index (χ4v) is 4.76. The van der Waals surface area contributed by atoms with Crippen molar-refractivity contribution in [3.05, 3.63) is 113 Å². The molecule has 1 N–H and O–H groups in total. The second kappa shape index (κ2) is 11.4. The van der Waals surface area contributed by atoms with E-state index in [-0.39, 0.29) is 6.04 Å². The molecule has 190 valence electrons. The quantitative estimate of drug-likeness (QED) is 0.321. The topological polar surface area (TPSA) is 57.5 Å². The van der Waals surface area contributed by atoms with E-state index in [9.17, 15) is 0 Å². The van der Waals surface area contributed by atoms with Gasteiger partial charge in [0.05, 0.1) is 26.8 Å². The van der Waals surface area contributed by atoms with Crippen LogP contribution in [0.1, 0.15) is 39.7 Å². The van der Waals surface area contributed by atoms with Crippen LogP contribution in [-0.2, 0) is 19.6 Å². The van der Waals surface area contributed by atoms with Crippen molar-refractivity contribution in [3.63, 3.8) is 0 Å². The molecule has 0 fully saturated rings. The standard InChI is InChI=1S/C31H33N3O3/c1-22-32-15-16-34(22)20-26-17-23(10-12-29(26)35-2)9-11-28-27-19-30(36-3)31(18-25(27)13-14-33-28)37-21-24-7-5-4-6-8-24/h4-12,15-19,28,33H,13-14,20-21H2,1-3H3/b11-9+. The smallest absolute Gasteiger partial charge is 0.161 e. The van der Waals surface area contributed by atoms with E-state index >= 15 is 0 Å². The van der Waals surface area contributed by atoms with Gasteiger partial charge in [0.25, 0.3) is 0 Å². The highest BCUT2D eigenvalue weighted by atomic mass is 16.5. The van der Waals surface area contributed by atoms with Crippen LogP contribution in [0.25, 0.3) is 6.08 Å². The molecule has 1 atom stereocenters. The van der Waals surface area contributed by atoms with Gasteiger partial charge < -0.3 is 24.1 Å². The Morgan fingerprint density at radius 1 is 1.00 bits per heavy atom. The highest BCUT2D eigenvalue weighted by molar-refractivity contribution is 5.57. The first-order valence-corrected chi connectivity index (χ1v) is 12.6. The number of nitrogens with one attached hydrogen (secondary N) is 1. The summed E-state index contributed by atoms with van der Waals surface area (Å²) in [7, 11) is 3.41. The maximum atomic E-state index is 6.15. The zero-order valence-electron chi connectivity index (χ0n) is 21.6. The Morgan fingerprint density at radius 3 is 2.59 bits per heavy atom. The number of hydrogen-bond acceptors (Lipinski definition) is 5. The molecule has 6 heteroatoms. The lowest BCUT2D eigenvalue weighted by Crippen LogP contribution is -2.28. The molecule has 0 spiro atoms. The van der Waals surface area contributed by atoms with Gasteiger partial charge in [0.1, 0.15) is 18.2 Å². The molecule has 1 aliphatic rings. The van der Waals surface area contributed by atoms with Gasteiger partial charge in [-0.05, 0) is 59.9 Å². The number of benzene rings is 3. The van der Waals surface area contributed by atoms with Gasteiger partial charge in [-0.25, -0.2) is 4.98 Å². The molecule has 1 aromatic heterocycles. The van der Waals surface area contributed by atoms with Gasteiger partial charge >= 0.3 is 0 Å². The van der Waals surface area contributed by atoms with Gasteiger partial charge in [0, 0.05) is 24.5 Å². The highest BCUT2D eigenvalue weighted by Gasteiger charge is 2.21. The van der Waals surface area contributed by atoms with E-state index < -0.39 is 0 Å². The van der Waals surface area contributed by atoms with Gasteiger partial charge in [-0.15, -0.1) is 0 Å². The summed E-state index contributed by atoms with van der Waals surface area (Å²) in [4.78, 5) is 4.34. The first kappa shape index (κ1) is 24.7. The zero-order chi connectivity index (χ0) is 25.6. The van der Waals surface area contributed by atoms with Crippen molar-refractivity contribution in [2.24, 2.45) is 0 Å². The minimum Gasteiger partial charge on any atom is -0.496 e. The van der Waals surface area contributed by atoms with Gasteiger partial charge in [0.15, 0.2) is 11.5 Å². The Hall–Kier alpha value is -4.03. The normalized spacial score (nSPS) is 14.9. The maximum Gasteiger partial charge on any atom is 0.161 e. The molecule has 0 saturated carbocycles. The molecular weight excluding hydrogens is 462 g/mol. The third-order valence-electron chi connectivity index (χ3n) is 6.81. The summed E-state index contributed by atoms with van der Waals surface area (Å²) in [5.41, 5.74) is 5.87. The second-order valence-corrected chi connectivity index (χ2v) is 9.19. The second-order valence-electron chi connectivity index (χ2n) is 9.19. The van der Waals surface area contributed by atoms with Gasteiger partial charge in [-0.1, -0.05) is 48.6 Å². The number of ether oxygens (including phenoxy) is 3. The average Bonchev–Trinajstić information content (AvgIpc) is 3.34. The van der Waals surface area contributed by atoms with Crippen LogP contribution >= 0.6 is 0 Å². The molecule has 5 rings (SSSR count). The summed E-state index contributed by atoms with van der Waals surface area (Å²) in [5, 5.41) is 3.63. The Morgan fingerprint density at radius 2 is 1.84 bits per heavy atom. The van der Waals surface area contributed by atoms with Crippen molar-refractivity contribution in [1.29, 1.82) is 0 Å². The number of aromatic nitrogens is 2. The van der Waals surface area contributed by atoms with Crippen LogP contribution in [0.4, 0.5) is 0 Å². The summed E-state index contributed by atoms with van der Waals surface area (Å²) in [6.45, 7) is 4.13. The molecule has 0 saturated heterocycles. The van der Waals surface area contributed by atoms with E-state index in [0.29, 0.717) is 13.2 Å². The van der Waals surface area contributed by atoms with Crippen LogP contribution in [-0.4, -0.2) is 30.3 Å². The molecule has 1 unspecified atom stereocenters. The number of nitrogens with zero attached hydrogens (tertiary/aromatic N) is 2. The monoisotopic (exact) mass is 495 g/mol. The van der Waals surface area contributed by atoms with Gasteiger partial charge in [0.2, 0.25) is 0 Å². The van der Waals surface area contributed by atoms with Crippen LogP contribution in [0.5, 0.6) is 17.2 Å². The molecule has 4 aromatic rings. The first-order valence-electron chi connectivity index (χ1n) is 12.6. The number of hydrogen-bond donors (Lipinski definition) is 1. The molecule has 2 heterocycles. The summed E-state index contributed by atoms with van der Waals surface area (Å²) in [6, 6.07) is 20.8. The van der Waals surface area contributed by atoms with Crippen molar-refractivity contribution in [3.8, 4) is 17.2 Å². The van der Waals surface area contributed by atoms with E-state index in [2.05, 4.69) is 63.4 Å². The van der Waals surface area contributed by atoms with Crippen molar-refractivity contribution < 1.29 is 14.2 Å². The van der Waals surface area contributed by atoms with Gasteiger partial charge in [-0.2, -0.15) is 0 Å². The Bertz CT molecular complexity index is 1380. The average molecular weight is 496 g/mol. The first-order chi connectivity index (χ1) is 18.1. The number of rotatable bonds is 9. The highest BCUT2D eigenvalue weighted by Crippen LogP contribution is 2.36. The molecule has 0 aliphatic carbocycles. The number of methoxy groups -OCH3 is 2. The Balaban J connectivity index is 1.36. The van der Waals surface area contributed by atoms with Crippen molar-refractivity contribution >= 4 is 6.08 Å². The zero-order valence-corrected chi connectivity index (χ0v) is 21.6. The molecule has 0 bridgehead atoms. The molecule has 1 aliphatic heterocycles. The van der Waals surface area contributed by atoms with Crippen molar-refractivity contribution in [1.82, 2.24) is 14.9 Å². The molecule has 3 aromatic carbocycles. The van der Waals surface area contributed by atoms with E-state index in [0.717, 1.165) is 52.7 Å². The lowest BCUT2D eigenvalue weighted by Gasteiger charge is -2.26. The van der Waals surface area contributed by atoms with Crippen LogP contribution in [0.15, 0.2) is 79.1 Å². The van der Waals surface area contributed by atoms with Gasteiger partial charge in [-0.3, -0.25) is 0 Å². The molecular formula is C31H33N3O3. The third kappa shape index (κ3) is 5.70. The predicted molar refractivity (Wildman–Crippen MR) is 146 cm³/mol. The minimum absolute atomic E-state index is 0.0854. The SMILES string of the molecule is COc1ccc(/C=C/C2NCCc3cc(OCc4ccccc4)c(OC)cc32)cc1Cn1ccnc1C. The van der Waals surface area contributed by atoms with Crippen LogP contribution in [0.3, 0.4) is 0 Å². The van der Waals surface area contributed by atoms with Crippen LogP contribution in [0, 0.1) is 6.92 Å². The predicted octanol–water partition coefficient (Wildman–Crippen LogP) is 5.74. The van der Waals surface area contributed by atoms with E-state index in [1.54, 1.807) is 14.2 Å². The Labute approximate surface area is 218 Å².